The van der Waals surface area contributed by atoms with Gasteiger partial charge in [-0.2, -0.15) is 0 Å². The number of dihydropyridines is 1. The number of aliphatic hydroxyl groups excluding tert-OH is 1. The molecule has 0 aromatic rings. The minimum absolute atomic E-state index is 0.138. The first-order valence-corrected chi connectivity index (χ1v) is 5.83. The summed E-state index contributed by atoms with van der Waals surface area (Å²) in [6.45, 7) is 6.53. The van der Waals surface area contributed by atoms with Crippen molar-refractivity contribution in [2.75, 3.05) is 6.61 Å². The van der Waals surface area contributed by atoms with Crippen LogP contribution in [0.3, 0.4) is 0 Å². The van der Waals surface area contributed by atoms with Crippen LogP contribution in [0, 0.1) is 5.92 Å². The Labute approximate surface area is 98.1 Å². The molecule has 0 unspecified atom stereocenters. The Bertz CT molecular complexity index is 340. The van der Waals surface area contributed by atoms with Gasteiger partial charge in [-0.25, -0.2) is 0 Å². The second kappa shape index (κ2) is 6.33. The lowest BCUT2D eigenvalue weighted by atomic mass is 9.96. The molecule has 0 radical (unpaired) electrons. The lowest BCUT2D eigenvalue weighted by Gasteiger charge is -2.16. The molecule has 0 amide bonds. The molecule has 1 aliphatic rings. The largest absolute Gasteiger partial charge is 0.392 e. The summed E-state index contributed by atoms with van der Waals surface area (Å²) in [6.07, 6.45) is 11.0. The van der Waals surface area contributed by atoms with E-state index in [-0.39, 0.29) is 6.61 Å². The Balaban J connectivity index is 3.04. The first kappa shape index (κ1) is 12.8. The molecular weight excluding hydrogens is 198 g/mol. The summed E-state index contributed by atoms with van der Waals surface area (Å²) in [6, 6.07) is 0. The van der Waals surface area contributed by atoms with Crippen molar-refractivity contribution in [2.45, 2.75) is 27.2 Å². The predicted molar refractivity (Wildman–Crippen MR) is 68.7 cm³/mol. The van der Waals surface area contributed by atoms with Gasteiger partial charge in [0.05, 0.1) is 6.61 Å². The van der Waals surface area contributed by atoms with Gasteiger partial charge in [-0.05, 0) is 35.6 Å². The minimum atomic E-state index is 0.138. The summed E-state index contributed by atoms with van der Waals surface area (Å²) in [5, 5.41) is 12.5. The molecule has 0 saturated heterocycles. The topological polar surface area (TPSA) is 32.3 Å². The van der Waals surface area contributed by atoms with Crippen LogP contribution in [0.15, 0.2) is 47.3 Å². The first-order valence-electron chi connectivity index (χ1n) is 5.83. The lowest BCUT2D eigenvalue weighted by Crippen LogP contribution is -2.11. The van der Waals surface area contributed by atoms with Crippen LogP contribution in [0.1, 0.15) is 27.2 Å². The number of allylic oxidation sites excluding steroid dienone is 5. The van der Waals surface area contributed by atoms with Crippen LogP contribution in [-0.4, -0.2) is 11.7 Å². The van der Waals surface area contributed by atoms with Crippen molar-refractivity contribution in [1.82, 2.24) is 5.32 Å². The van der Waals surface area contributed by atoms with Crippen molar-refractivity contribution in [1.29, 1.82) is 0 Å². The number of hydrogen-bond acceptors (Lipinski definition) is 2. The van der Waals surface area contributed by atoms with Crippen LogP contribution in [-0.2, 0) is 0 Å². The number of nitrogens with one attached hydrogen (secondary N) is 1. The predicted octanol–water partition coefficient (Wildman–Crippen LogP) is 2.90. The SMILES string of the molecule is CCC(=CC(=C1C=CC=CN1)C(C)C)CO. The van der Waals surface area contributed by atoms with E-state index in [1.54, 1.807) is 0 Å². The third kappa shape index (κ3) is 3.38. The van der Waals surface area contributed by atoms with E-state index in [0.29, 0.717) is 5.92 Å². The van der Waals surface area contributed by atoms with E-state index in [2.05, 4.69) is 38.2 Å². The van der Waals surface area contributed by atoms with E-state index in [9.17, 15) is 5.11 Å². The molecule has 1 aliphatic heterocycles. The van der Waals surface area contributed by atoms with E-state index in [4.69, 9.17) is 0 Å². The van der Waals surface area contributed by atoms with Crippen LogP contribution in [0.25, 0.3) is 0 Å². The van der Waals surface area contributed by atoms with Gasteiger partial charge < -0.3 is 10.4 Å². The van der Waals surface area contributed by atoms with Gasteiger partial charge in [-0.3, -0.25) is 0 Å². The summed E-state index contributed by atoms with van der Waals surface area (Å²) in [5.74, 6) is 0.437. The van der Waals surface area contributed by atoms with Crippen LogP contribution in [0.5, 0.6) is 0 Å². The minimum Gasteiger partial charge on any atom is -0.392 e. The molecule has 0 atom stereocenters. The maximum atomic E-state index is 9.21. The summed E-state index contributed by atoms with van der Waals surface area (Å²) < 4.78 is 0. The maximum absolute atomic E-state index is 9.21. The molecule has 2 nitrogen and oxygen atoms in total. The zero-order valence-electron chi connectivity index (χ0n) is 10.3. The Kier molecular flexibility index (Phi) is 5.06. The molecular formula is C14H21NO. The van der Waals surface area contributed by atoms with Crippen LogP contribution >= 0.6 is 0 Å². The highest BCUT2D eigenvalue weighted by atomic mass is 16.3. The Morgan fingerprint density at radius 2 is 2.19 bits per heavy atom. The van der Waals surface area contributed by atoms with E-state index < -0.39 is 0 Å². The van der Waals surface area contributed by atoms with Crippen molar-refractivity contribution in [3.63, 3.8) is 0 Å². The maximum Gasteiger partial charge on any atom is 0.0644 e. The average molecular weight is 219 g/mol. The molecule has 0 bridgehead atoms. The summed E-state index contributed by atoms with van der Waals surface area (Å²) in [5.41, 5.74) is 3.43. The molecule has 0 aromatic carbocycles. The third-order valence-electron chi connectivity index (χ3n) is 2.66. The number of aliphatic hydroxyl groups is 1. The summed E-state index contributed by atoms with van der Waals surface area (Å²) in [4.78, 5) is 0. The quantitative estimate of drug-likeness (QED) is 0.762. The van der Waals surface area contributed by atoms with Crippen LogP contribution in [0.4, 0.5) is 0 Å². The van der Waals surface area contributed by atoms with Gasteiger partial charge >= 0.3 is 0 Å². The molecule has 0 aromatic heterocycles. The highest BCUT2D eigenvalue weighted by molar-refractivity contribution is 5.39. The Hall–Kier alpha value is -1.28. The van der Waals surface area contributed by atoms with Gasteiger partial charge in [-0.15, -0.1) is 0 Å². The van der Waals surface area contributed by atoms with Crippen molar-refractivity contribution in [2.24, 2.45) is 5.92 Å². The normalized spacial score (nSPS) is 18.9. The molecule has 16 heavy (non-hydrogen) atoms. The fourth-order valence-corrected chi connectivity index (χ4v) is 1.61. The fourth-order valence-electron chi connectivity index (χ4n) is 1.61. The molecule has 1 rings (SSSR count). The highest BCUT2D eigenvalue weighted by Crippen LogP contribution is 2.20. The van der Waals surface area contributed by atoms with Gasteiger partial charge in [0.2, 0.25) is 0 Å². The molecule has 0 fully saturated rings. The Morgan fingerprint density at radius 3 is 2.62 bits per heavy atom. The fraction of sp³-hybridized carbons (Fsp3) is 0.429. The molecule has 0 spiro atoms. The van der Waals surface area contributed by atoms with Gasteiger partial charge in [-0.1, -0.05) is 32.9 Å². The molecule has 2 N–H and O–H groups in total. The summed E-state index contributed by atoms with van der Waals surface area (Å²) in [7, 11) is 0. The number of rotatable bonds is 4. The molecule has 2 heteroatoms. The van der Waals surface area contributed by atoms with Crippen LogP contribution in [0.2, 0.25) is 0 Å². The average Bonchev–Trinajstić information content (AvgIpc) is 2.31. The molecule has 1 heterocycles. The monoisotopic (exact) mass is 219 g/mol. The van der Waals surface area contributed by atoms with E-state index in [1.807, 2.05) is 18.4 Å². The van der Waals surface area contributed by atoms with E-state index >= 15 is 0 Å². The smallest absolute Gasteiger partial charge is 0.0644 e. The second-order valence-corrected chi connectivity index (χ2v) is 4.20. The first-order chi connectivity index (χ1) is 7.69. The molecule has 0 aliphatic carbocycles. The molecule has 0 saturated carbocycles. The van der Waals surface area contributed by atoms with E-state index in [0.717, 1.165) is 17.7 Å². The third-order valence-corrected chi connectivity index (χ3v) is 2.66. The second-order valence-electron chi connectivity index (χ2n) is 4.20. The summed E-state index contributed by atoms with van der Waals surface area (Å²) >= 11 is 0. The van der Waals surface area contributed by atoms with Crippen molar-refractivity contribution < 1.29 is 5.11 Å². The van der Waals surface area contributed by atoms with Gasteiger partial charge in [0.15, 0.2) is 0 Å². The standard InChI is InChI=1S/C14H21NO/c1-4-12(10-16)9-13(11(2)3)14-7-5-6-8-15-14/h5-9,11,15-16H,4,10H2,1-3H3. The lowest BCUT2D eigenvalue weighted by molar-refractivity contribution is 0.327. The van der Waals surface area contributed by atoms with E-state index in [1.165, 1.54) is 5.57 Å². The van der Waals surface area contributed by atoms with Crippen molar-refractivity contribution in [3.8, 4) is 0 Å². The highest BCUT2D eigenvalue weighted by Gasteiger charge is 2.08. The number of hydrogen-bond donors (Lipinski definition) is 2. The molecule has 88 valence electrons. The zero-order chi connectivity index (χ0) is 12.0. The zero-order valence-corrected chi connectivity index (χ0v) is 10.3. The van der Waals surface area contributed by atoms with Gasteiger partial charge in [0.25, 0.3) is 0 Å². The van der Waals surface area contributed by atoms with Gasteiger partial charge in [0, 0.05) is 11.9 Å². The van der Waals surface area contributed by atoms with Crippen molar-refractivity contribution in [3.05, 3.63) is 47.3 Å². The van der Waals surface area contributed by atoms with Gasteiger partial charge in [0.1, 0.15) is 0 Å². The van der Waals surface area contributed by atoms with Crippen molar-refractivity contribution >= 4 is 0 Å². The van der Waals surface area contributed by atoms with Crippen LogP contribution < -0.4 is 5.32 Å². The Morgan fingerprint density at radius 1 is 1.44 bits per heavy atom.